The van der Waals surface area contributed by atoms with Gasteiger partial charge in [-0.1, -0.05) is 0 Å². The highest BCUT2D eigenvalue weighted by atomic mass is 16.6. The van der Waals surface area contributed by atoms with Gasteiger partial charge < -0.3 is 15.5 Å². The van der Waals surface area contributed by atoms with Gasteiger partial charge >= 0.3 is 0 Å². The van der Waals surface area contributed by atoms with Gasteiger partial charge in [0.1, 0.15) is 16.9 Å². The molecule has 3 aromatic rings. The van der Waals surface area contributed by atoms with Crippen molar-refractivity contribution in [3.8, 4) is 0 Å². The summed E-state index contributed by atoms with van der Waals surface area (Å²) in [6.45, 7) is 0.674. The zero-order valence-corrected chi connectivity index (χ0v) is 16.6. The molecule has 29 heavy (non-hydrogen) atoms. The van der Waals surface area contributed by atoms with Gasteiger partial charge in [-0.05, 0) is 66.2 Å². The van der Waals surface area contributed by atoms with E-state index in [1.54, 1.807) is 24.4 Å². The Labute approximate surface area is 168 Å². The van der Waals surface area contributed by atoms with Crippen molar-refractivity contribution in [2.24, 2.45) is 5.92 Å². The first-order valence-corrected chi connectivity index (χ1v) is 9.86. The largest absolute Gasteiger partial charge is 0.363 e. The van der Waals surface area contributed by atoms with Crippen LogP contribution < -0.4 is 15.5 Å². The third kappa shape index (κ3) is 4.61. The maximum absolute atomic E-state index is 12.4. The number of aromatic nitrogens is 4. The quantitative estimate of drug-likeness (QED) is 0.655. The molecule has 2 aromatic heterocycles. The molecule has 0 spiro atoms. The topological polar surface area (TPSA) is 109 Å². The van der Waals surface area contributed by atoms with E-state index in [4.69, 9.17) is 0 Å². The minimum Gasteiger partial charge on any atom is -0.363 e. The maximum Gasteiger partial charge on any atom is 0.251 e. The summed E-state index contributed by atoms with van der Waals surface area (Å²) >= 11 is 0. The summed E-state index contributed by atoms with van der Waals surface area (Å²) in [5.41, 5.74) is 1.80. The van der Waals surface area contributed by atoms with Gasteiger partial charge in [0.15, 0.2) is 0 Å². The van der Waals surface area contributed by atoms with Crippen LogP contribution in [0.25, 0.3) is 11.0 Å². The van der Waals surface area contributed by atoms with Crippen LogP contribution in [0, 0.1) is 5.92 Å². The first kappa shape index (κ1) is 19.1. The predicted octanol–water partition coefficient (Wildman–Crippen LogP) is 2.48. The number of hydrogen-bond acceptors (Lipinski definition) is 8. The number of anilines is 2. The fourth-order valence-corrected chi connectivity index (χ4v) is 3.62. The predicted molar refractivity (Wildman–Crippen MR) is 110 cm³/mol. The lowest BCUT2D eigenvalue weighted by Crippen LogP contribution is -2.34. The normalized spacial score (nSPS) is 19.1. The number of amides is 1. The number of hydrogen-bond donors (Lipinski definition) is 2. The zero-order chi connectivity index (χ0) is 20.2. The van der Waals surface area contributed by atoms with Crippen LogP contribution in [0.2, 0.25) is 0 Å². The van der Waals surface area contributed by atoms with Crippen molar-refractivity contribution in [1.29, 1.82) is 0 Å². The standard InChI is InChI=1S/C20H25N7O2/c1-27(2)18-9-10-21-20(24-18)23-15-6-3-13(4-7-15)12-22-19(28)14-5-8-16-17(11-14)26-29-25-16/h5,8-11,13,15H,3-4,6-7,12H2,1-2H3,(H,22,28)(H,21,23,24)/t13-,15+. The molecule has 0 atom stereocenters. The van der Waals surface area contributed by atoms with Gasteiger partial charge in [-0.25, -0.2) is 9.61 Å². The molecule has 0 radical (unpaired) electrons. The number of carbonyl (C=O) groups excluding carboxylic acids is 1. The van der Waals surface area contributed by atoms with Gasteiger partial charge in [-0.2, -0.15) is 4.98 Å². The van der Waals surface area contributed by atoms with Crippen LogP contribution >= 0.6 is 0 Å². The minimum atomic E-state index is -0.0935. The fraction of sp³-hybridized carbons (Fsp3) is 0.450. The molecule has 1 aromatic carbocycles. The molecular formula is C20H25N7O2. The summed E-state index contributed by atoms with van der Waals surface area (Å²) in [6.07, 6.45) is 5.95. The van der Waals surface area contributed by atoms with Crippen LogP contribution in [-0.2, 0) is 0 Å². The molecule has 0 bridgehead atoms. The third-order valence-corrected chi connectivity index (χ3v) is 5.35. The molecule has 1 saturated carbocycles. The van der Waals surface area contributed by atoms with Crippen molar-refractivity contribution in [3.05, 3.63) is 36.0 Å². The Morgan fingerprint density at radius 1 is 1.14 bits per heavy atom. The Hall–Kier alpha value is -3.23. The van der Waals surface area contributed by atoms with E-state index in [0.29, 0.717) is 41.0 Å². The van der Waals surface area contributed by atoms with E-state index in [1.165, 1.54) is 0 Å². The van der Waals surface area contributed by atoms with E-state index in [-0.39, 0.29) is 5.91 Å². The van der Waals surface area contributed by atoms with Crippen LogP contribution in [0.5, 0.6) is 0 Å². The van der Waals surface area contributed by atoms with Gasteiger partial charge in [-0.3, -0.25) is 4.79 Å². The Kier molecular flexibility index (Phi) is 5.55. The average Bonchev–Trinajstić information content (AvgIpc) is 3.21. The van der Waals surface area contributed by atoms with E-state index in [0.717, 1.165) is 31.5 Å². The first-order valence-electron chi connectivity index (χ1n) is 9.86. The summed E-state index contributed by atoms with van der Waals surface area (Å²) in [7, 11) is 3.93. The highest BCUT2D eigenvalue weighted by Gasteiger charge is 2.22. The second-order valence-corrected chi connectivity index (χ2v) is 7.67. The lowest BCUT2D eigenvalue weighted by atomic mass is 9.86. The fourth-order valence-electron chi connectivity index (χ4n) is 3.62. The molecule has 0 aliphatic heterocycles. The molecule has 1 fully saturated rings. The molecule has 152 valence electrons. The SMILES string of the molecule is CN(C)c1ccnc(N[C@H]2CC[C@@H](CNC(=O)c3ccc4nonc4c3)CC2)n1. The molecule has 9 nitrogen and oxygen atoms in total. The molecule has 9 heteroatoms. The second kappa shape index (κ2) is 8.42. The highest BCUT2D eigenvalue weighted by Crippen LogP contribution is 2.26. The zero-order valence-electron chi connectivity index (χ0n) is 16.6. The minimum absolute atomic E-state index is 0.0935. The Balaban J connectivity index is 1.24. The molecule has 2 heterocycles. The van der Waals surface area contributed by atoms with Gasteiger partial charge in [0.25, 0.3) is 5.91 Å². The van der Waals surface area contributed by atoms with Crippen LogP contribution in [0.1, 0.15) is 36.0 Å². The third-order valence-electron chi connectivity index (χ3n) is 5.35. The molecule has 1 aliphatic rings. The molecular weight excluding hydrogens is 370 g/mol. The van der Waals surface area contributed by atoms with E-state index < -0.39 is 0 Å². The number of carbonyl (C=O) groups is 1. The van der Waals surface area contributed by atoms with Crippen LogP contribution in [0.3, 0.4) is 0 Å². The monoisotopic (exact) mass is 395 g/mol. The number of nitrogens with one attached hydrogen (secondary N) is 2. The number of rotatable bonds is 6. The van der Waals surface area contributed by atoms with E-state index >= 15 is 0 Å². The van der Waals surface area contributed by atoms with Crippen molar-refractivity contribution in [1.82, 2.24) is 25.6 Å². The Morgan fingerprint density at radius 3 is 2.72 bits per heavy atom. The lowest BCUT2D eigenvalue weighted by Gasteiger charge is -2.29. The Bertz CT molecular complexity index is 980. The van der Waals surface area contributed by atoms with E-state index in [1.807, 2.05) is 25.1 Å². The van der Waals surface area contributed by atoms with Crippen molar-refractivity contribution in [2.45, 2.75) is 31.7 Å². The summed E-state index contributed by atoms with van der Waals surface area (Å²) in [5, 5.41) is 14.0. The molecule has 1 amide bonds. The van der Waals surface area contributed by atoms with Crippen LogP contribution in [-0.4, -0.2) is 52.9 Å². The van der Waals surface area contributed by atoms with Crippen molar-refractivity contribution in [2.75, 3.05) is 30.9 Å². The lowest BCUT2D eigenvalue weighted by molar-refractivity contribution is 0.0943. The molecule has 2 N–H and O–H groups in total. The molecule has 0 saturated heterocycles. The van der Waals surface area contributed by atoms with Crippen LogP contribution in [0.15, 0.2) is 35.1 Å². The summed E-state index contributed by atoms with van der Waals surface area (Å²) in [6, 6.07) is 7.43. The Morgan fingerprint density at radius 2 is 1.93 bits per heavy atom. The van der Waals surface area contributed by atoms with Gasteiger partial charge in [0.05, 0.1) is 0 Å². The van der Waals surface area contributed by atoms with E-state index in [2.05, 4.69) is 35.5 Å². The number of nitrogens with zero attached hydrogens (tertiary/aromatic N) is 5. The number of fused-ring (bicyclic) bond motifs is 1. The first-order chi connectivity index (χ1) is 14.1. The van der Waals surface area contributed by atoms with Gasteiger partial charge in [0, 0.05) is 38.4 Å². The van der Waals surface area contributed by atoms with E-state index in [9.17, 15) is 4.79 Å². The molecule has 4 rings (SSSR count). The summed E-state index contributed by atoms with van der Waals surface area (Å²) in [5.74, 6) is 1.94. The highest BCUT2D eigenvalue weighted by molar-refractivity contribution is 5.97. The van der Waals surface area contributed by atoms with Crippen molar-refractivity contribution < 1.29 is 9.42 Å². The van der Waals surface area contributed by atoms with Crippen LogP contribution in [0.4, 0.5) is 11.8 Å². The summed E-state index contributed by atoms with van der Waals surface area (Å²) in [4.78, 5) is 23.2. The van der Waals surface area contributed by atoms with Gasteiger partial charge in [-0.15, -0.1) is 0 Å². The van der Waals surface area contributed by atoms with Crippen molar-refractivity contribution in [3.63, 3.8) is 0 Å². The van der Waals surface area contributed by atoms with Crippen molar-refractivity contribution >= 4 is 28.7 Å². The number of benzene rings is 1. The molecule has 0 unspecified atom stereocenters. The molecule has 1 aliphatic carbocycles. The summed E-state index contributed by atoms with van der Waals surface area (Å²) < 4.78 is 4.68. The average molecular weight is 395 g/mol. The maximum atomic E-state index is 12.4. The van der Waals surface area contributed by atoms with Gasteiger partial charge in [0.2, 0.25) is 5.95 Å². The second-order valence-electron chi connectivity index (χ2n) is 7.67. The smallest absolute Gasteiger partial charge is 0.251 e.